The second-order valence-electron chi connectivity index (χ2n) is 4.62. The van der Waals surface area contributed by atoms with Gasteiger partial charge in [-0.05, 0) is 35.9 Å². The van der Waals surface area contributed by atoms with Crippen LogP contribution >= 0.6 is 11.6 Å². The first-order valence-electron chi connectivity index (χ1n) is 6.21. The first-order valence-corrected chi connectivity index (χ1v) is 6.59. The molecule has 0 fully saturated rings. The van der Waals surface area contributed by atoms with Crippen molar-refractivity contribution in [3.63, 3.8) is 0 Å². The number of aromatic carboxylic acids is 1. The Morgan fingerprint density at radius 1 is 1.10 bits per heavy atom. The summed E-state index contributed by atoms with van der Waals surface area (Å²) in [4.78, 5) is 26.3. The number of fused-ring (bicyclic) bond motifs is 1. The second-order valence-corrected chi connectivity index (χ2v) is 5.06. The van der Waals surface area contributed by atoms with Gasteiger partial charge >= 0.3 is 5.97 Å². The number of hydrogen-bond acceptors (Lipinski definition) is 2. The van der Waals surface area contributed by atoms with Crippen molar-refractivity contribution in [1.29, 1.82) is 0 Å². The lowest BCUT2D eigenvalue weighted by Crippen LogP contribution is -2.05. The Morgan fingerprint density at radius 3 is 2.62 bits per heavy atom. The summed E-state index contributed by atoms with van der Waals surface area (Å²) in [6.07, 6.45) is 0. The molecule has 2 aromatic carbocycles. The monoisotopic (exact) mass is 299 g/mol. The smallest absolute Gasteiger partial charge is 0.335 e. The number of halogens is 1. The van der Waals surface area contributed by atoms with Crippen LogP contribution in [0, 0.1) is 0 Å². The molecule has 0 saturated carbocycles. The predicted octanol–water partition coefficient (Wildman–Crippen LogP) is 3.55. The van der Waals surface area contributed by atoms with E-state index < -0.39 is 5.97 Å². The van der Waals surface area contributed by atoms with Crippen LogP contribution in [0.2, 0.25) is 5.02 Å². The highest BCUT2D eigenvalue weighted by Crippen LogP contribution is 2.22. The molecule has 0 unspecified atom stereocenters. The number of carboxylic acid groups (broad SMARTS) is 1. The van der Waals surface area contributed by atoms with E-state index >= 15 is 0 Å². The average Bonchev–Trinajstić information content (AvgIpc) is 2.46. The molecule has 0 aliphatic heterocycles. The van der Waals surface area contributed by atoms with Gasteiger partial charge in [0.05, 0.1) is 5.56 Å². The molecule has 104 valence electrons. The van der Waals surface area contributed by atoms with Crippen LogP contribution in [0.1, 0.15) is 10.4 Å². The minimum absolute atomic E-state index is 0.0866. The third-order valence-electron chi connectivity index (χ3n) is 3.21. The molecular weight excluding hydrogens is 290 g/mol. The van der Waals surface area contributed by atoms with Crippen molar-refractivity contribution >= 4 is 28.5 Å². The molecule has 0 aliphatic carbocycles. The Bertz CT molecular complexity index is 915. The summed E-state index contributed by atoms with van der Waals surface area (Å²) in [5.74, 6) is -1.06. The minimum atomic E-state index is -1.06. The zero-order chi connectivity index (χ0) is 15.0. The lowest BCUT2D eigenvalue weighted by Gasteiger charge is -2.06. The summed E-state index contributed by atoms with van der Waals surface area (Å²) >= 11 is 5.95. The number of benzene rings is 2. The number of aromatic amines is 1. The molecule has 0 aliphatic rings. The maximum atomic E-state index is 12.2. The van der Waals surface area contributed by atoms with Crippen LogP contribution in [0.5, 0.6) is 0 Å². The molecule has 0 amide bonds. The van der Waals surface area contributed by atoms with Gasteiger partial charge in [-0.25, -0.2) is 4.79 Å². The minimum Gasteiger partial charge on any atom is -0.478 e. The molecule has 0 bridgehead atoms. The van der Waals surface area contributed by atoms with Crippen LogP contribution in [0.25, 0.3) is 22.2 Å². The van der Waals surface area contributed by atoms with Gasteiger partial charge in [-0.3, -0.25) is 4.79 Å². The van der Waals surface area contributed by atoms with Gasteiger partial charge in [0, 0.05) is 27.7 Å². The molecule has 2 N–H and O–H groups in total. The van der Waals surface area contributed by atoms with E-state index in [1.165, 1.54) is 18.2 Å². The molecule has 1 heterocycles. The van der Waals surface area contributed by atoms with Crippen molar-refractivity contribution in [3.8, 4) is 11.3 Å². The van der Waals surface area contributed by atoms with Crippen molar-refractivity contribution < 1.29 is 9.90 Å². The van der Waals surface area contributed by atoms with Crippen LogP contribution in [0.4, 0.5) is 0 Å². The predicted molar refractivity (Wildman–Crippen MR) is 82.0 cm³/mol. The molecule has 1 aromatic heterocycles. The average molecular weight is 300 g/mol. The first kappa shape index (κ1) is 13.4. The van der Waals surface area contributed by atoms with Crippen LogP contribution < -0.4 is 5.43 Å². The van der Waals surface area contributed by atoms with Gasteiger partial charge in [0.2, 0.25) is 0 Å². The van der Waals surface area contributed by atoms with Crippen molar-refractivity contribution in [2.75, 3.05) is 0 Å². The Hall–Kier alpha value is -2.59. The fraction of sp³-hybridized carbons (Fsp3) is 0. The largest absolute Gasteiger partial charge is 0.478 e. The maximum Gasteiger partial charge on any atom is 0.335 e. The molecule has 0 radical (unpaired) electrons. The van der Waals surface area contributed by atoms with Gasteiger partial charge in [0.15, 0.2) is 5.43 Å². The van der Waals surface area contributed by atoms with E-state index in [1.54, 1.807) is 24.3 Å². The lowest BCUT2D eigenvalue weighted by molar-refractivity contribution is 0.0697. The summed E-state index contributed by atoms with van der Waals surface area (Å²) in [6.45, 7) is 0. The Labute approximate surface area is 124 Å². The zero-order valence-corrected chi connectivity index (χ0v) is 11.5. The number of aromatic nitrogens is 1. The standard InChI is InChI=1S/C16H10ClNO3/c17-11-3-1-2-9(6-11)14-8-15(19)12-7-10(16(20)21)4-5-13(12)18-14/h1-8H,(H,18,19)(H,20,21). The summed E-state index contributed by atoms with van der Waals surface area (Å²) in [5.41, 5.74) is 1.87. The van der Waals surface area contributed by atoms with Gasteiger partial charge in [0.1, 0.15) is 0 Å². The van der Waals surface area contributed by atoms with Gasteiger partial charge in [-0.2, -0.15) is 0 Å². The van der Waals surface area contributed by atoms with Crippen LogP contribution in [0.3, 0.4) is 0 Å². The van der Waals surface area contributed by atoms with Gasteiger partial charge in [-0.1, -0.05) is 23.7 Å². The highest BCUT2D eigenvalue weighted by molar-refractivity contribution is 6.30. The highest BCUT2D eigenvalue weighted by atomic mass is 35.5. The molecule has 3 aromatic rings. The van der Waals surface area contributed by atoms with E-state index in [-0.39, 0.29) is 11.0 Å². The van der Waals surface area contributed by atoms with Crippen molar-refractivity contribution in [3.05, 3.63) is 69.3 Å². The summed E-state index contributed by atoms with van der Waals surface area (Å²) in [6, 6.07) is 13.0. The quantitative estimate of drug-likeness (QED) is 0.760. The van der Waals surface area contributed by atoms with Gasteiger partial charge in [-0.15, -0.1) is 0 Å². The van der Waals surface area contributed by atoms with E-state index in [0.29, 0.717) is 21.6 Å². The molecule has 3 rings (SSSR count). The van der Waals surface area contributed by atoms with E-state index in [1.807, 2.05) is 6.07 Å². The van der Waals surface area contributed by atoms with Gasteiger partial charge in [0.25, 0.3) is 0 Å². The number of carbonyl (C=O) groups is 1. The maximum absolute atomic E-state index is 12.2. The van der Waals surface area contributed by atoms with Crippen LogP contribution in [-0.2, 0) is 0 Å². The molecule has 0 spiro atoms. The normalized spacial score (nSPS) is 10.7. The van der Waals surface area contributed by atoms with E-state index in [4.69, 9.17) is 16.7 Å². The first-order chi connectivity index (χ1) is 10.0. The number of H-pyrrole nitrogens is 1. The molecular formula is C16H10ClNO3. The third kappa shape index (κ3) is 2.53. The van der Waals surface area contributed by atoms with Crippen LogP contribution in [-0.4, -0.2) is 16.1 Å². The fourth-order valence-electron chi connectivity index (χ4n) is 2.19. The number of nitrogens with one attached hydrogen (secondary N) is 1. The van der Waals surface area contributed by atoms with Gasteiger partial charge < -0.3 is 10.1 Å². The molecule has 5 heteroatoms. The van der Waals surface area contributed by atoms with Crippen molar-refractivity contribution in [2.24, 2.45) is 0 Å². The van der Waals surface area contributed by atoms with E-state index in [9.17, 15) is 9.59 Å². The van der Waals surface area contributed by atoms with Crippen molar-refractivity contribution in [2.45, 2.75) is 0 Å². The Balaban J connectivity index is 2.23. The summed E-state index contributed by atoms with van der Waals surface area (Å²) in [7, 11) is 0. The lowest BCUT2D eigenvalue weighted by atomic mass is 10.1. The van der Waals surface area contributed by atoms with E-state index in [0.717, 1.165) is 5.56 Å². The number of carboxylic acids is 1. The fourth-order valence-corrected chi connectivity index (χ4v) is 2.38. The van der Waals surface area contributed by atoms with Crippen molar-refractivity contribution in [1.82, 2.24) is 4.98 Å². The second kappa shape index (κ2) is 5.07. The molecule has 0 saturated heterocycles. The molecule has 21 heavy (non-hydrogen) atoms. The van der Waals surface area contributed by atoms with Crippen LogP contribution in [0.15, 0.2) is 53.3 Å². The topological polar surface area (TPSA) is 70.2 Å². The number of hydrogen-bond donors (Lipinski definition) is 2. The zero-order valence-electron chi connectivity index (χ0n) is 10.8. The number of rotatable bonds is 2. The van der Waals surface area contributed by atoms with E-state index in [2.05, 4.69) is 4.98 Å². The molecule has 0 atom stereocenters. The Kier molecular flexibility index (Phi) is 3.23. The Morgan fingerprint density at radius 2 is 1.90 bits per heavy atom. The highest BCUT2D eigenvalue weighted by Gasteiger charge is 2.08. The SMILES string of the molecule is O=C(O)c1ccc2[nH]c(-c3cccc(Cl)c3)cc(=O)c2c1. The number of pyridine rings is 1. The third-order valence-corrected chi connectivity index (χ3v) is 3.45. The molecule has 4 nitrogen and oxygen atoms in total. The summed E-state index contributed by atoms with van der Waals surface area (Å²) < 4.78 is 0. The summed E-state index contributed by atoms with van der Waals surface area (Å²) in [5, 5.41) is 9.90.